The summed E-state index contributed by atoms with van der Waals surface area (Å²) in [6.45, 7) is 0. The average molecular weight is 386 g/mol. The number of rotatable bonds is 5. The number of benzene rings is 2. The van der Waals surface area contributed by atoms with Crippen molar-refractivity contribution >= 4 is 35.0 Å². The lowest BCUT2D eigenvalue weighted by Crippen LogP contribution is -2.26. The van der Waals surface area contributed by atoms with Crippen LogP contribution < -0.4 is 4.74 Å². The van der Waals surface area contributed by atoms with Gasteiger partial charge in [0, 0.05) is 18.0 Å². The van der Waals surface area contributed by atoms with Crippen LogP contribution in [0, 0.1) is 0 Å². The van der Waals surface area contributed by atoms with Crippen molar-refractivity contribution in [3.8, 4) is 5.75 Å². The minimum Gasteiger partial charge on any atom is -0.423 e. The maximum absolute atomic E-state index is 12.9. The normalized spacial score (nSPS) is 11.6. The van der Waals surface area contributed by atoms with Gasteiger partial charge >= 0.3 is 5.97 Å². The lowest BCUT2D eigenvalue weighted by atomic mass is 9.91. The number of hydrogen-bond acceptors (Lipinski definition) is 4. The minimum atomic E-state index is -1.16. The van der Waals surface area contributed by atoms with Crippen LogP contribution in [0.4, 0.5) is 0 Å². The van der Waals surface area contributed by atoms with E-state index in [1.165, 1.54) is 6.20 Å². The predicted octanol–water partition coefficient (Wildman–Crippen LogP) is 4.96. The summed E-state index contributed by atoms with van der Waals surface area (Å²) in [5.74, 6) is -2.31. The molecule has 0 amide bonds. The molecule has 3 rings (SSSR count). The zero-order chi connectivity index (χ0) is 18.5. The second-order valence-corrected chi connectivity index (χ2v) is 6.24. The van der Waals surface area contributed by atoms with Gasteiger partial charge < -0.3 is 4.74 Å². The highest BCUT2D eigenvalue weighted by molar-refractivity contribution is 6.37. The van der Waals surface area contributed by atoms with E-state index in [0.29, 0.717) is 11.1 Å². The highest BCUT2D eigenvalue weighted by Gasteiger charge is 2.32. The molecule has 3 aromatic rings. The number of esters is 1. The molecule has 0 fully saturated rings. The number of nitrogens with zero attached hydrogens (tertiary/aromatic N) is 1. The first-order valence-electron chi connectivity index (χ1n) is 7.73. The van der Waals surface area contributed by atoms with Gasteiger partial charge in [-0.25, -0.2) is 0 Å². The lowest BCUT2D eigenvalue weighted by molar-refractivity contribution is -0.134. The summed E-state index contributed by atoms with van der Waals surface area (Å²) in [5.41, 5.74) is 0.818. The fraction of sp³-hybridized carbons (Fsp3) is 0.0500. The summed E-state index contributed by atoms with van der Waals surface area (Å²) in [5, 5.41) is 0.373. The first-order chi connectivity index (χ1) is 12.6. The van der Waals surface area contributed by atoms with Crippen LogP contribution >= 0.6 is 23.2 Å². The third kappa shape index (κ3) is 3.93. The summed E-state index contributed by atoms with van der Waals surface area (Å²) in [7, 11) is 0. The Morgan fingerprint density at radius 3 is 2.19 bits per heavy atom. The van der Waals surface area contributed by atoms with Crippen molar-refractivity contribution in [2.45, 2.75) is 5.92 Å². The number of para-hydroxylation sites is 1. The second-order valence-electron chi connectivity index (χ2n) is 5.42. The maximum atomic E-state index is 12.9. The molecule has 1 aromatic heterocycles. The van der Waals surface area contributed by atoms with Crippen LogP contribution in [0.15, 0.2) is 73.1 Å². The Labute approximate surface area is 160 Å². The maximum Gasteiger partial charge on any atom is 0.326 e. The average Bonchev–Trinajstić information content (AvgIpc) is 2.66. The third-order valence-electron chi connectivity index (χ3n) is 3.70. The fourth-order valence-electron chi connectivity index (χ4n) is 2.45. The summed E-state index contributed by atoms with van der Waals surface area (Å²) >= 11 is 12.1. The van der Waals surface area contributed by atoms with Gasteiger partial charge in [-0.2, -0.15) is 0 Å². The number of ketones is 1. The van der Waals surface area contributed by atoms with Gasteiger partial charge in [-0.1, -0.05) is 59.6 Å². The number of Topliss-reactive ketones (excluding diaryl/α,β-unsaturated/α-hetero) is 1. The van der Waals surface area contributed by atoms with E-state index in [9.17, 15) is 9.59 Å². The van der Waals surface area contributed by atoms with Crippen LogP contribution in [0.3, 0.4) is 0 Å². The predicted molar refractivity (Wildman–Crippen MR) is 99.8 cm³/mol. The zero-order valence-electron chi connectivity index (χ0n) is 13.4. The zero-order valence-corrected chi connectivity index (χ0v) is 14.9. The summed E-state index contributed by atoms with van der Waals surface area (Å²) in [6.07, 6.45) is 2.96. The Kier molecular flexibility index (Phi) is 5.66. The molecule has 0 radical (unpaired) electrons. The van der Waals surface area contributed by atoms with Gasteiger partial charge in [0.2, 0.25) is 0 Å². The number of aromatic nitrogens is 1. The van der Waals surface area contributed by atoms with Crippen LogP contribution in [0.25, 0.3) is 0 Å². The van der Waals surface area contributed by atoms with Crippen LogP contribution in [-0.4, -0.2) is 16.7 Å². The Bertz CT molecular complexity index is 910. The molecular weight excluding hydrogens is 373 g/mol. The van der Waals surface area contributed by atoms with Crippen molar-refractivity contribution in [3.05, 3.63) is 94.2 Å². The molecule has 0 aliphatic carbocycles. The van der Waals surface area contributed by atoms with Crippen molar-refractivity contribution in [2.24, 2.45) is 0 Å². The summed E-state index contributed by atoms with van der Waals surface area (Å²) in [4.78, 5) is 29.7. The van der Waals surface area contributed by atoms with Crippen molar-refractivity contribution in [1.29, 1.82) is 0 Å². The van der Waals surface area contributed by atoms with E-state index in [2.05, 4.69) is 4.98 Å². The van der Waals surface area contributed by atoms with Gasteiger partial charge in [0.15, 0.2) is 11.5 Å². The molecule has 26 heavy (non-hydrogen) atoms. The third-order valence-corrected chi connectivity index (χ3v) is 4.29. The summed E-state index contributed by atoms with van der Waals surface area (Å²) < 4.78 is 5.39. The van der Waals surface area contributed by atoms with Gasteiger partial charge in [-0.15, -0.1) is 0 Å². The van der Waals surface area contributed by atoms with E-state index in [4.69, 9.17) is 27.9 Å². The molecule has 6 heteroatoms. The number of hydrogen-bond donors (Lipinski definition) is 0. The van der Waals surface area contributed by atoms with Crippen molar-refractivity contribution in [1.82, 2.24) is 4.98 Å². The Balaban J connectivity index is 1.98. The number of carbonyl (C=O) groups excluding carboxylic acids is 2. The molecule has 0 saturated heterocycles. The standard InChI is InChI=1S/C20H13Cl2NO3/c21-15-9-4-10-16(22)19(15)26-20(25)17(13-6-2-1-3-7-13)18(24)14-8-5-11-23-12-14/h1-12,17H. The van der Waals surface area contributed by atoms with Gasteiger partial charge in [0.25, 0.3) is 0 Å². The minimum absolute atomic E-state index is 0.0285. The Morgan fingerprint density at radius 2 is 1.58 bits per heavy atom. The molecule has 1 atom stereocenters. The largest absolute Gasteiger partial charge is 0.423 e. The number of ether oxygens (including phenoxy) is 1. The van der Waals surface area contributed by atoms with Gasteiger partial charge in [0.1, 0.15) is 5.92 Å². The highest BCUT2D eigenvalue weighted by Crippen LogP contribution is 2.34. The topological polar surface area (TPSA) is 56.3 Å². The summed E-state index contributed by atoms with van der Waals surface area (Å²) in [6, 6.07) is 16.6. The second kappa shape index (κ2) is 8.13. The molecule has 0 N–H and O–H groups in total. The Hall–Kier alpha value is -2.69. The van der Waals surface area contributed by atoms with E-state index in [1.54, 1.807) is 66.9 Å². The van der Waals surface area contributed by atoms with Gasteiger partial charge in [-0.05, 0) is 29.8 Å². The fourth-order valence-corrected chi connectivity index (χ4v) is 2.93. The molecule has 0 aliphatic rings. The van der Waals surface area contributed by atoms with Crippen molar-refractivity contribution in [2.75, 3.05) is 0 Å². The lowest BCUT2D eigenvalue weighted by Gasteiger charge is -2.16. The number of pyridine rings is 1. The molecule has 1 unspecified atom stereocenters. The molecule has 0 aliphatic heterocycles. The molecule has 130 valence electrons. The van der Waals surface area contributed by atoms with Crippen LogP contribution in [0.5, 0.6) is 5.75 Å². The number of carbonyl (C=O) groups is 2. The molecular formula is C20H13Cl2NO3. The van der Waals surface area contributed by atoms with Crippen LogP contribution in [-0.2, 0) is 4.79 Å². The smallest absolute Gasteiger partial charge is 0.326 e. The van der Waals surface area contributed by atoms with Gasteiger partial charge in [0.05, 0.1) is 10.0 Å². The van der Waals surface area contributed by atoms with E-state index in [-0.39, 0.29) is 15.8 Å². The monoisotopic (exact) mass is 385 g/mol. The number of halogens is 2. The highest BCUT2D eigenvalue weighted by atomic mass is 35.5. The molecule has 0 bridgehead atoms. The SMILES string of the molecule is O=C(Oc1c(Cl)cccc1Cl)C(C(=O)c1cccnc1)c1ccccc1. The van der Waals surface area contributed by atoms with E-state index < -0.39 is 17.7 Å². The molecule has 0 saturated carbocycles. The first kappa shape index (κ1) is 18.1. The van der Waals surface area contributed by atoms with Gasteiger partial charge in [-0.3, -0.25) is 14.6 Å². The molecule has 0 spiro atoms. The van der Waals surface area contributed by atoms with E-state index >= 15 is 0 Å². The molecule has 2 aromatic carbocycles. The Morgan fingerprint density at radius 1 is 0.885 bits per heavy atom. The first-order valence-corrected chi connectivity index (χ1v) is 8.48. The van der Waals surface area contributed by atoms with E-state index in [1.807, 2.05) is 0 Å². The van der Waals surface area contributed by atoms with E-state index in [0.717, 1.165) is 0 Å². The molecule has 1 heterocycles. The molecule has 4 nitrogen and oxygen atoms in total. The quantitative estimate of drug-likeness (QED) is 0.269. The van der Waals surface area contributed by atoms with Crippen LogP contribution in [0.2, 0.25) is 10.0 Å². The van der Waals surface area contributed by atoms with Crippen molar-refractivity contribution < 1.29 is 14.3 Å². The van der Waals surface area contributed by atoms with Crippen LogP contribution in [0.1, 0.15) is 21.8 Å². The van der Waals surface area contributed by atoms with Crippen molar-refractivity contribution in [3.63, 3.8) is 0 Å².